The Morgan fingerprint density at radius 2 is 2.03 bits per heavy atom. The van der Waals surface area contributed by atoms with E-state index in [9.17, 15) is 24.1 Å². The summed E-state index contributed by atoms with van der Waals surface area (Å²) in [5.74, 6) is -1.64. The zero-order valence-corrected chi connectivity index (χ0v) is 16.3. The number of para-hydroxylation sites is 2. The number of amides is 1. The number of nitrogens with zero attached hydrogens (tertiary/aromatic N) is 3. The number of anilines is 1. The first-order chi connectivity index (χ1) is 14.3. The molecular formula is C20H19FN4O5. The van der Waals surface area contributed by atoms with Gasteiger partial charge in [0.25, 0.3) is 5.91 Å². The van der Waals surface area contributed by atoms with Crippen molar-refractivity contribution in [2.24, 2.45) is 0 Å². The smallest absolute Gasteiger partial charge is 0.326 e. The largest absolute Gasteiger partial charge is 0.451 e. The molecule has 0 saturated heterocycles. The average Bonchev–Trinajstić information content (AvgIpc) is 3.06. The molecule has 0 bridgehead atoms. The van der Waals surface area contributed by atoms with Crippen LogP contribution in [0.15, 0.2) is 42.5 Å². The maximum Gasteiger partial charge on any atom is 0.326 e. The Labute approximate surface area is 170 Å². The van der Waals surface area contributed by atoms with Gasteiger partial charge in [0, 0.05) is 18.2 Å². The van der Waals surface area contributed by atoms with Crippen LogP contribution in [0.1, 0.15) is 19.7 Å². The maximum absolute atomic E-state index is 13.4. The fourth-order valence-corrected chi connectivity index (χ4v) is 2.96. The number of nitro groups is 1. The summed E-state index contributed by atoms with van der Waals surface area (Å²) in [6.07, 6.45) is -0.553. The number of ether oxygens (including phenoxy) is 1. The van der Waals surface area contributed by atoms with E-state index in [0.29, 0.717) is 12.2 Å². The van der Waals surface area contributed by atoms with Gasteiger partial charge in [0.2, 0.25) is 5.82 Å². The van der Waals surface area contributed by atoms with Crippen molar-refractivity contribution in [3.63, 3.8) is 0 Å². The standard InChI is InChI=1S/C20H19FN4O5/c1-3-18-23-15-6-4-5-7-16(15)24(18)11-19(26)30-12(2)20(27)22-13-8-9-14(21)17(10-13)25(28)29/h4-10,12H,3,11H2,1-2H3,(H,22,27). The number of aryl methyl sites for hydroxylation is 1. The Balaban J connectivity index is 1.67. The molecule has 9 nitrogen and oxygen atoms in total. The van der Waals surface area contributed by atoms with Gasteiger partial charge >= 0.3 is 11.7 Å². The molecular weight excluding hydrogens is 395 g/mol. The SMILES string of the molecule is CCc1nc2ccccc2n1CC(=O)OC(C)C(=O)Nc1ccc(F)c([N+](=O)[O-])c1. The molecule has 1 atom stereocenters. The van der Waals surface area contributed by atoms with Crippen molar-refractivity contribution in [2.75, 3.05) is 5.32 Å². The Morgan fingerprint density at radius 1 is 1.30 bits per heavy atom. The minimum absolute atomic E-state index is 0.0184. The lowest BCUT2D eigenvalue weighted by molar-refractivity contribution is -0.387. The van der Waals surface area contributed by atoms with Crippen LogP contribution in [0.3, 0.4) is 0 Å². The molecule has 0 spiro atoms. The third kappa shape index (κ3) is 4.43. The van der Waals surface area contributed by atoms with E-state index in [1.54, 1.807) is 4.57 Å². The summed E-state index contributed by atoms with van der Waals surface area (Å²) < 4.78 is 20.3. The Bertz CT molecular complexity index is 1130. The summed E-state index contributed by atoms with van der Waals surface area (Å²) >= 11 is 0. The Hall–Kier alpha value is -3.82. The molecule has 2 aromatic carbocycles. The molecule has 1 unspecified atom stereocenters. The second-order valence-corrected chi connectivity index (χ2v) is 6.50. The third-order valence-electron chi connectivity index (χ3n) is 4.42. The topological polar surface area (TPSA) is 116 Å². The van der Waals surface area contributed by atoms with E-state index in [4.69, 9.17) is 4.74 Å². The van der Waals surface area contributed by atoms with Gasteiger partial charge in [0.1, 0.15) is 12.4 Å². The summed E-state index contributed by atoms with van der Waals surface area (Å²) in [7, 11) is 0. The van der Waals surface area contributed by atoms with E-state index < -0.39 is 34.4 Å². The quantitative estimate of drug-likeness (QED) is 0.360. The number of carbonyl (C=O) groups is 2. The highest BCUT2D eigenvalue weighted by molar-refractivity contribution is 5.95. The fourth-order valence-electron chi connectivity index (χ4n) is 2.96. The normalized spacial score (nSPS) is 11.8. The summed E-state index contributed by atoms with van der Waals surface area (Å²) in [5.41, 5.74) is 0.786. The van der Waals surface area contributed by atoms with Gasteiger partial charge in [-0.2, -0.15) is 4.39 Å². The minimum Gasteiger partial charge on any atom is -0.451 e. The lowest BCUT2D eigenvalue weighted by atomic mass is 10.2. The zero-order chi connectivity index (χ0) is 21.8. The average molecular weight is 414 g/mol. The van der Waals surface area contributed by atoms with Crippen LogP contribution in [-0.4, -0.2) is 32.5 Å². The second kappa shape index (κ2) is 8.68. The van der Waals surface area contributed by atoms with Gasteiger partial charge in [0.15, 0.2) is 6.10 Å². The van der Waals surface area contributed by atoms with Gasteiger partial charge in [0.05, 0.1) is 16.0 Å². The van der Waals surface area contributed by atoms with Crippen LogP contribution in [0, 0.1) is 15.9 Å². The number of benzene rings is 2. The predicted octanol–water partition coefficient (Wildman–Crippen LogP) is 3.22. The number of hydrogen-bond acceptors (Lipinski definition) is 6. The van der Waals surface area contributed by atoms with Crippen molar-refractivity contribution in [3.8, 4) is 0 Å². The van der Waals surface area contributed by atoms with Gasteiger partial charge in [-0.25, -0.2) is 4.98 Å². The maximum atomic E-state index is 13.4. The molecule has 0 aliphatic heterocycles. The molecule has 0 saturated carbocycles. The minimum atomic E-state index is -1.17. The molecule has 1 N–H and O–H groups in total. The van der Waals surface area contributed by atoms with E-state index in [-0.39, 0.29) is 12.2 Å². The predicted molar refractivity (Wildman–Crippen MR) is 106 cm³/mol. The Morgan fingerprint density at radius 3 is 2.73 bits per heavy atom. The van der Waals surface area contributed by atoms with Crippen LogP contribution >= 0.6 is 0 Å². The number of carbonyl (C=O) groups excluding carboxylic acids is 2. The molecule has 0 radical (unpaired) electrons. The monoisotopic (exact) mass is 414 g/mol. The van der Waals surface area contributed by atoms with E-state index in [2.05, 4.69) is 10.3 Å². The molecule has 10 heteroatoms. The van der Waals surface area contributed by atoms with Gasteiger partial charge < -0.3 is 14.6 Å². The number of nitrogens with one attached hydrogen (secondary N) is 1. The van der Waals surface area contributed by atoms with Crippen molar-refractivity contribution < 1.29 is 23.6 Å². The molecule has 1 heterocycles. The van der Waals surface area contributed by atoms with Crippen LogP contribution in [0.25, 0.3) is 11.0 Å². The highest BCUT2D eigenvalue weighted by atomic mass is 19.1. The third-order valence-corrected chi connectivity index (χ3v) is 4.42. The number of aromatic nitrogens is 2. The van der Waals surface area contributed by atoms with Crippen LogP contribution in [0.4, 0.5) is 15.8 Å². The van der Waals surface area contributed by atoms with E-state index in [1.165, 1.54) is 13.0 Å². The molecule has 3 aromatic rings. The molecule has 0 aliphatic rings. The van der Waals surface area contributed by atoms with Crippen LogP contribution < -0.4 is 5.32 Å². The van der Waals surface area contributed by atoms with Crippen molar-refractivity contribution in [2.45, 2.75) is 32.9 Å². The van der Waals surface area contributed by atoms with E-state index in [1.807, 2.05) is 31.2 Å². The summed E-state index contributed by atoms with van der Waals surface area (Å²) in [6, 6.07) is 10.3. The molecule has 0 aliphatic carbocycles. The number of halogens is 1. The number of imidazole rings is 1. The Kier molecular flexibility index (Phi) is 6.05. The van der Waals surface area contributed by atoms with E-state index in [0.717, 1.165) is 23.2 Å². The number of fused-ring (bicyclic) bond motifs is 1. The van der Waals surface area contributed by atoms with Gasteiger partial charge in [-0.1, -0.05) is 19.1 Å². The summed E-state index contributed by atoms with van der Waals surface area (Å²) in [6.45, 7) is 3.17. The zero-order valence-electron chi connectivity index (χ0n) is 16.3. The van der Waals surface area contributed by atoms with Crippen LogP contribution in [0.2, 0.25) is 0 Å². The molecule has 1 aromatic heterocycles. The number of nitro benzene ring substituents is 1. The molecule has 30 heavy (non-hydrogen) atoms. The first-order valence-corrected chi connectivity index (χ1v) is 9.18. The summed E-state index contributed by atoms with van der Waals surface area (Å²) in [4.78, 5) is 39.1. The van der Waals surface area contributed by atoms with Crippen molar-refractivity contribution in [1.82, 2.24) is 9.55 Å². The fraction of sp³-hybridized carbons (Fsp3) is 0.250. The van der Waals surface area contributed by atoms with Crippen molar-refractivity contribution in [3.05, 3.63) is 64.2 Å². The molecule has 1 amide bonds. The number of hydrogen-bond donors (Lipinski definition) is 1. The highest BCUT2D eigenvalue weighted by Gasteiger charge is 2.21. The van der Waals surface area contributed by atoms with Crippen LogP contribution in [-0.2, 0) is 27.3 Å². The first kappa shape index (κ1) is 20.9. The summed E-state index contributed by atoms with van der Waals surface area (Å²) in [5, 5.41) is 13.2. The first-order valence-electron chi connectivity index (χ1n) is 9.18. The second-order valence-electron chi connectivity index (χ2n) is 6.50. The van der Waals surface area contributed by atoms with Crippen LogP contribution in [0.5, 0.6) is 0 Å². The van der Waals surface area contributed by atoms with Gasteiger partial charge in [-0.3, -0.25) is 19.7 Å². The number of rotatable bonds is 7. The van der Waals surface area contributed by atoms with Gasteiger partial charge in [-0.15, -0.1) is 0 Å². The lowest BCUT2D eigenvalue weighted by Crippen LogP contribution is -2.31. The van der Waals surface area contributed by atoms with E-state index >= 15 is 0 Å². The highest BCUT2D eigenvalue weighted by Crippen LogP contribution is 2.22. The molecule has 3 rings (SSSR count). The van der Waals surface area contributed by atoms with Crippen molar-refractivity contribution >= 4 is 34.3 Å². The van der Waals surface area contributed by atoms with Gasteiger partial charge in [-0.05, 0) is 31.2 Å². The lowest BCUT2D eigenvalue weighted by Gasteiger charge is -2.14. The molecule has 0 fully saturated rings. The van der Waals surface area contributed by atoms with Crippen molar-refractivity contribution in [1.29, 1.82) is 0 Å². The number of esters is 1. The molecule has 156 valence electrons.